The van der Waals surface area contributed by atoms with Crippen molar-refractivity contribution in [3.05, 3.63) is 24.3 Å². The van der Waals surface area contributed by atoms with E-state index in [1.807, 2.05) is 0 Å². The van der Waals surface area contributed by atoms with Gasteiger partial charge in [0.1, 0.15) is 0 Å². The fourth-order valence-corrected chi connectivity index (χ4v) is 1.64. The van der Waals surface area contributed by atoms with E-state index in [-0.39, 0.29) is 11.1 Å². The zero-order valence-electron chi connectivity index (χ0n) is 16.5. The van der Waals surface area contributed by atoms with Gasteiger partial charge in [0.2, 0.25) is 0 Å². The molecule has 0 rings (SSSR count). The van der Waals surface area contributed by atoms with E-state index in [1.165, 1.54) is 65.2 Å². The van der Waals surface area contributed by atoms with Crippen LogP contribution < -0.4 is 0 Å². The molecule has 0 aliphatic heterocycles. The highest BCUT2D eigenvalue weighted by atomic mass is 16.4. The van der Waals surface area contributed by atoms with Crippen molar-refractivity contribution in [1.29, 1.82) is 0 Å². The van der Waals surface area contributed by atoms with Gasteiger partial charge in [0.25, 0.3) is 0 Å². The summed E-state index contributed by atoms with van der Waals surface area (Å²) in [7, 11) is 0. The van der Waals surface area contributed by atoms with Crippen LogP contribution in [-0.2, 0) is 9.59 Å². The second-order valence-electron chi connectivity index (χ2n) is 6.15. The van der Waals surface area contributed by atoms with Crippen LogP contribution in [0.2, 0.25) is 0 Å². The minimum atomic E-state index is -0.935. The third-order valence-electron chi connectivity index (χ3n) is 3.30. The molecule has 0 aliphatic rings. The molecule has 26 heavy (non-hydrogen) atoms. The molecular formula is C20H38O6. The summed E-state index contributed by atoms with van der Waals surface area (Å²) in [5.41, 5.74) is 0.352. The Bertz CT molecular complexity index is 316. The molecule has 0 aromatic rings. The number of rotatable bonds is 13. The molecule has 0 aliphatic carbocycles. The SMILES string of the molecule is C=C(C)C(=O)O.C=C(C)C(=O)O.OCCCCCCCCCCCCO. The predicted molar refractivity (Wildman–Crippen MR) is 105 cm³/mol. The Kier molecular flexibility index (Phi) is 26.1. The largest absolute Gasteiger partial charge is 0.478 e. The monoisotopic (exact) mass is 374 g/mol. The highest BCUT2D eigenvalue weighted by molar-refractivity contribution is 5.85. The topological polar surface area (TPSA) is 115 Å². The van der Waals surface area contributed by atoms with E-state index in [9.17, 15) is 9.59 Å². The van der Waals surface area contributed by atoms with Crippen molar-refractivity contribution in [1.82, 2.24) is 0 Å². The first-order valence-electron chi connectivity index (χ1n) is 9.20. The van der Waals surface area contributed by atoms with Crippen molar-refractivity contribution in [3.8, 4) is 0 Å². The number of aliphatic carboxylic acids is 2. The Morgan fingerprint density at radius 1 is 0.577 bits per heavy atom. The lowest BCUT2D eigenvalue weighted by atomic mass is 10.1. The van der Waals surface area contributed by atoms with E-state index in [2.05, 4.69) is 13.2 Å². The molecule has 0 fully saturated rings. The number of carboxylic acids is 2. The van der Waals surface area contributed by atoms with Gasteiger partial charge in [-0.15, -0.1) is 0 Å². The quantitative estimate of drug-likeness (QED) is 0.284. The molecular weight excluding hydrogens is 336 g/mol. The van der Waals surface area contributed by atoms with Crippen LogP contribution in [0.25, 0.3) is 0 Å². The molecule has 0 saturated carbocycles. The molecule has 0 bridgehead atoms. The van der Waals surface area contributed by atoms with Crippen LogP contribution in [0, 0.1) is 0 Å². The van der Waals surface area contributed by atoms with Gasteiger partial charge in [0.05, 0.1) is 0 Å². The van der Waals surface area contributed by atoms with Crippen LogP contribution in [0.1, 0.15) is 78.1 Å². The lowest BCUT2D eigenvalue weighted by Gasteiger charge is -2.01. The van der Waals surface area contributed by atoms with Gasteiger partial charge >= 0.3 is 11.9 Å². The third kappa shape index (κ3) is 33.8. The van der Waals surface area contributed by atoms with Crippen LogP contribution >= 0.6 is 0 Å². The maximum Gasteiger partial charge on any atom is 0.330 e. The Labute approximate surface area is 158 Å². The van der Waals surface area contributed by atoms with Gasteiger partial charge in [-0.05, 0) is 26.7 Å². The summed E-state index contributed by atoms with van der Waals surface area (Å²) in [5, 5.41) is 32.9. The zero-order valence-corrected chi connectivity index (χ0v) is 16.5. The average Bonchev–Trinajstić information content (AvgIpc) is 2.57. The number of carboxylic acid groups (broad SMARTS) is 2. The van der Waals surface area contributed by atoms with Crippen LogP contribution in [0.15, 0.2) is 24.3 Å². The van der Waals surface area contributed by atoms with E-state index in [1.54, 1.807) is 0 Å². The Hall–Kier alpha value is -1.66. The second kappa shape index (κ2) is 23.3. The number of hydrogen-bond acceptors (Lipinski definition) is 4. The van der Waals surface area contributed by atoms with Crippen molar-refractivity contribution in [2.45, 2.75) is 78.1 Å². The standard InChI is InChI=1S/C12H26O2.2C4H6O2/c13-11-9-7-5-3-1-2-4-6-8-10-12-14;2*1-3(2)4(5)6/h13-14H,1-12H2;2*1H2,2H3,(H,5,6). The van der Waals surface area contributed by atoms with Crippen molar-refractivity contribution >= 4 is 11.9 Å². The van der Waals surface area contributed by atoms with Crippen molar-refractivity contribution < 1.29 is 30.0 Å². The summed E-state index contributed by atoms with van der Waals surface area (Å²) in [4.78, 5) is 19.2. The van der Waals surface area contributed by atoms with Gasteiger partial charge in [-0.3, -0.25) is 0 Å². The van der Waals surface area contributed by atoms with Gasteiger partial charge in [0.15, 0.2) is 0 Å². The van der Waals surface area contributed by atoms with Crippen molar-refractivity contribution in [2.75, 3.05) is 13.2 Å². The minimum Gasteiger partial charge on any atom is -0.478 e. The number of carbonyl (C=O) groups is 2. The number of unbranched alkanes of at least 4 members (excludes halogenated alkanes) is 9. The maximum absolute atomic E-state index is 9.60. The second-order valence-corrected chi connectivity index (χ2v) is 6.15. The van der Waals surface area contributed by atoms with Gasteiger partial charge in [-0.25, -0.2) is 9.59 Å². The Morgan fingerprint density at radius 2 is 0.731 bits per heavy atom. The fourth-order valence-electron chi connectivity index (χ4n) is 1.64. The normalized spacial score (nSPS) is 9.23. The van der Waals surface area contributed by atoms with Gasteiger partial charge in [-0.2, -0.15) is 0 Å². The number of aliphatic hydroxyl groups is 2. The van der Waals surface area contributed by atoms with Gasteiger partial charge in [-0.1, -0.05) is 64.5 Å². The first-order valence-corrected chi connectivity index (χ1v) is 9.20. The van der Waals surface area contributed by atoms with E-state index in [0.717, 1.165) is 12.8 Å². The summed E-state index contributed by atoms with van der Waals surface area (Å²) in [5.74, 6) is -1.87. The summed E-state index contributed by atoms with van der Waals surface area (Å²) < 4.78 is 0. The summed E-state index contributed by atoms with van der Waals surface area (Å²) in [6, 6.07) is 0. The molecule has 0 atom stereocenters. The average molecular weight is 375 g/mol. The highest BCUT2D eigenvalue weighted by Gasteiger charge is 1.92. The molecule has 6 nitrogen and oxygen atoms in total. The molecule has 0 aromatic carbocycles. The molecule has 0 saturated heterocycles. The lowest BCUT2D eigenvalue weighted by Crippen LogP contribution is -1.92. The van der Waals surface area contributed by atoms with E-state index >= 15 is 0 Å². The van der Waals surface area contributed by atoms with Crippen molar-refractivity contribution in [2.24, 2.45) is 0 Å². The van der Waals surface area contributed by atoms with Crippen molar-refractivity contribution in [3.63, 3.8) is 0 Å². The van der Waals surface area contributed by atoms with Gasteiger partial charge in [0, 0.05) is 24.4 Å². The Balaban J connectivity index is -0.000000364. The number of aliphatic hydroxyl groups excluding tert-OH is 2. The lowest BCUT2D eigenvalue weighted by molar-refractivity contribution is -0.133. The highest BCUT2D eigenvalue weighted by Crippen LogP contribution is 2.10. The molecule has 0 heterocycles. The van der Waals surface area contributed by atoms with E-state index < -0.39 is 11.9 Å². The minimum absolute atomic E-state index is 0.176. The molecule has 0 aromatic heterocycles. The summed E-state index contributed by atoms with van der Waals surface area (Å²) in [6.45, 7) is 9.90. The molecule has 0 spiro atoms. The van der Waals surface area contributed by atoms with Crippen LogP contribution in [0.3, 0.4) is 0 Å². The summed E-state index contributed by atoms with van der Waals surface area (Å²) in [6.07, 6.45) is 12.2. The van der Waals surface area contributed by atoms with E-state index in [4.69, 9.17) is 20.4 Å². The number of hydrogen-bond donors (Lipinski definition) is 4. The van der Waals surface area contributed by atoms with E-state index in [0.29, 0.717) is 13.2 Å². The third-order valence-corrected chi connectivity index (χ3v) is 3.30. The van der Waals surface area contributed by atoms with Crippen LogP contribution in [0.5, 0.6) is 0 Å². The molecule has 4 N–H and O–H groups in total. The first kappa shape index (κ1) is 29.1. The molecule has 0 unspecified atom stereocenters. The Morgan fingerprint density at radius 3 is 0.846 bits per heavy atom. The van der Waals surface area contributed by atoms with Crippen LogP contribution in [0.4, 0.5) is 0 Å². The molecule has 0 amide bonds. The first-order chi connectivity index (χ1) is 12.2. The predicted octanol–water partition coefficient (Wildman–Crippen LogP) is 4.17. The zero-order chi connectivity index (χ0) is 20.8. The maximum atomic E-state index is 9.60. The smallest absolute Gasteiger partial charge is 0.330 e. The fraction of sp³-hybridized carbons (Fsp3) is 0.700. The van der Waals surface area contributed by atoms with Gasteiger partial charge < -0.3 is 20.4 Å². The molecule has 0 radical (unpaired) electrons. The molecule has 6 heteroatoms. The molecule has 154 valence electrons. The summed E-state index contributed by atoms with van der Waals surface area (Å²) >= 11 is 0. The van der Waals surface area contributed by atoms with Crippen LogP contribution in [-0.4, -0.2) is 45.6 Å².